The van der Waals surface area contributed by atoms with E-state index in [0.29, 0.717) is 0 Å². The maximum Gasteiger partial charge on any atom is 1.00 e. The monoisotopic (exact) mass is 1120 g/mol. The molecule has 10 aromatic rings. The predicted octanol–water partition coefficient (Wildman–Crippen LogP) is 14.0. The van der Waals surface area contributed by atoms with Gasteiger partial charge in [0.2, 0.25) is 13.3 Å². The minimum absolute atomic E-state index is 0. The van der Waals surface area contributed by atoms with Gasteiger partial charge in [0.05, 0.1) is 0 Å². The molecular formula is C64H54Ag2N4O2. The number of benzene rings is 10. The van der Waals surface area contributed by atoms with Crippen LogP contribution < -0.4 is 29.8 Å². The topological polar surface area (TPSA) is 59.1 Å². The first-order valence-corrected chi connectivity index (χ1v) is 24.2. The van der Waals surface area contributed by atoms with Gasteiger partial charge >= 0.3 is 44.8 Å². The van der Waals surface area contributed by atoms with E-state index >= 15 is 0 Å². The first kappa shape index (κ1) is 50.5. The van der Waals surface area contributed by atoms with Gasteiger partial charge in [-0.3, -0.25) is 0 Å². The molecule has 2 saturated heterocycles. The Labute approximate surface area is 455 Å². The van der Waals surface area contributed by atoms with E-state index in [-0.39, 0.29) is 56.3 Å². The molecule has 8 heteroatoms. The molecule has 2 heterocycles. The van der Waals surface area contributed by atoms with Crippen LogP contribution in [-0.2, 0) is 44.8 Å². The Kier molecular flexibility index (Phi) is 14.7. The van der Waals surface area contributed by atoms with Crippen LogP contribution in [-0.4, -0.2) is 26.2 Å². The van der Waals surface area contributed by atoms with Gasteiger partial charge in [-0.1, -0.05) is 169 Å². The molecule has 4 radical (unpaired) electrons. The Bertz CT molecular complexity index is 3380. The van der Waals surface area contributed by atoms with Crippen molar-refractivity contribution in [1.29, 1.82) is 0 Å². The van der Waals surface area contributed by atoms with E-state index in [4.69, 9.17) is 0 Å². The zero-order chi connectivity index (χ0) is 48.2. The number of fused-ring (bicyclic) bond motifs is 4. The minimum atomic E-state index is 0. The zero-order valence-electron chi connectivity index (χ0n) is 41.2. The molecule has 2 aliphatic rings. The third-order valence-electron chi connectivity index (χ3n) is 14.1. The van der Waals surface area contributed by atoms with Gasteiger partial charge in [-0.15, -0.1) is 11.5 Å². The molecule has 0 aliphatic carbocycles. The van der Waals surface area contributed by atoms with Crippen LogP contribution in [0.5, 0.6) is 11.5 Å². The van der Waals surface area contributed by atoms with E-state index in [9.17, 15) is 10.2 Å². The number of hydrogen-bond acceptors (Lipinski definition) is 6. The Hall–Kier alpha value is -6.48. The summed E-state index contributed by atoms with van der Waals surface area (Å²) in [6.07, 6.45) is 0. The summed E-state index contributed by atoms with van der Waals surface area (Å²) in [5, 5.41) is 35.3. The zero-order valence-corrected chi connectivity index (χ0v) is 44.2. The summed E-state index contributed by atoms with van der Waals surface area (Å²) in [5.41, 5.74) is 15.5. The second kappa shape index (κ2) is 20.9. The predicted molar refractivity (Wildman–Crippen MR) is 290 cm³/mol. The van der Waals surface area contributed by atoms with Crippen molar-refractivity contribution in [3.63, 3.8) is 0 Å². The number of hydrogen-bond donors (Lipinski definition) is 0. The van der Waals surface area contributed by atoms with Crippen LogP contribution in [0.3, 0.4) is 0 Å². The molecule has 0 saturated carbocycles. The van der Waals surface area contributed by atoms with Crippen LogP contribution in [0.25, 0.3) is 65.3 Å². The average molecular weight is 1130 g/mol. The quantitative estimate of drug-likeness (QED) is 0.155. The largest absolute Gasteiger partial charge is 1.00 e. The summed E-state index contributed by atoms with van der Waals surface area (Å²) < 4.78 is 0. The fourth-order valence-electron chi connectivity index (χ4n) is 11.3. The van der Waals surface area contributed by atoms with E-state index in [1.54, 1.807) is 12.1 Å². The molecule has 6 nitrogen and oxygen atoms in total. The van der Waals surface area contributed by atoms with Crippen LogP contribution in [0.1, 0.15) is 33.4 Å². The maximum absolute atomic E-state index is 13.4. The van der Waals surface area contributed by atoms with E-state index in [2.05, 4.69) is 172 Å². The molecule has 0 spiro atoms. The van der Waals surface area contributed by atoms with Crippen LogP contribution in [0.2, 0.25) is 0 Å². The molecule has 12 rings (SSSR count). The van der Waals surface area contributed by atoms with Gasteiger partial charge in [0.25, 0.3) is 0 Å². The average Bonchev–Trinajstić information content (AvgIpc) is 4.04. The summed E-state index contributed by atoms with van der Waals surface area (Å²) in [6.45, 7) is 23.5. The first-order valence-electron chi connectivity index (χ1n) is 24.2. The third-order valence-corrected chi connectivity index (χ3v) is 14.1. The van der Waals surface area contributed by atoms with Gasteiger partial charge in [0.15, 0.2) is 0 Å². The smallest absolute Gasteiger partial charge is 0.872 e. The second-order valence-corrected chi connectivity index (χ2v) is 19.0. The summed E-state index contributed by atoms with van der Waals surface area (Å²) in [7, 11) is 0. The maximum atomic E-state index is 13.4. The molecule has 0 N–H and O–H groups in total. The number of anilines is 4. The van der Waals surface area contributed by atoms with E-state index in [1.165, 1.54) is 44.8 Å². The second-order valence-electron chi connectivity index (χ2n) is 19.0. The standard InChI is InChI=1S/2C32H28N2O.2Ag/c2*1-21-18-22(2)32(23(3)19-21)34-17-16-33(20-34)28-14-12-24-8-4-6-10-26(24)30(28)31-27-11-7-5-9-25(27)13-15-29(31)35;;/h2*4-15,18-19,35H,16-17H2,1-3H3;;/q;;2*+1/p-2. The fraction of sp³-hybridized carbons (Fsp3) is 0.156. The van der Waals surface area contributed by atoms with Gasteiger partial charge in [-0.2, -0.15) is 0 Å². The van der Waals surface area contributed by atoms with Crippen LogP contribution in [0.4, 0.5) is 22.7 Å². The van der Waals surface area contributed by atoms with Crippen LogP contribution in [0.15, 0.2) is 170 Å². The van der Waals surface area contributed by atoms with Crippen LogP contribution in [0, 0.1) is 54.9 Å². The van der Waals surface area contributed by atoms with Gasteiger partial charge in [-0.25, -0.2) is 0 Å². The molecule has 2 fully saturated rings. The van der Waals surface area contributed by atoms with Crippen LogP contribution >= 0.6 is 0 Å². The molecule has 0 amide bonds. The number of aryl methyl sites for hydroxylation is 6. The molecule has 0 bridgehead atoms. The number of nitrogens with zero attached hydrogens (tertiary/aromatic N) is 4. The summed E-state index contributed by atoms with van der Waals surface area (Å²) in [5.74, 6) is 0.0881. The summed E-state index contributed by atoms with van der Waals surface area (Å²) >= 11 is 0. The molecule has 0 aromatic heterocycles. The van der Waals surface area contributed by atoms with E-state index in [0.717, 1.165) is 103 Å². The summed E-state index contributed by atoms with van der Waals surface area (Å²) in [6, 6.07) is 57.7. The molecule has 72 heavy (non-hydrogen) atoms. The Morgan fingerprint density at radius 1 is 0.333 bits per heavy atom. The van der Waals surface area contributed by atoms with E-state index in [1.807, 2.05) is 60.7 Å². The van der Waals surface area contributed by atoms with Crippen molar-refractivity contribution in [2.75, 3.05) is 45.8 Å². The SMILES string of the molecule is Cc1cc(C)c(N2[C]N(c3ccc4ccccc4c3-c3c([O-])ccc4ccccc34)CC2)c(C)c1.Cc1cc(C)c(N2[C]N(c3ccc4ccccc4c3-c3c([O-])ccc4ccccc34)CC2)c(C)c1.[Ag+].[Ag+]. The van der Waals surface area contributed by atoms with Crippen molar-refractivity contribution in [1.82, 2.24) is 0 Å². The summed E-state index contributed by atoms with van der Waals surface area (Å²) in [4.78, 5) is 8.82. The van der Waals surface area contributed by atoms with Crippen molar-refractivity contribution in [3.05, 3.63) is 217 Å². The molecule has 2 aliphatic heterocycles. The Morgan fingerprint density at radius 3 is 0.944 bits per heavy atom. The number of rotatable bonds is 6. The van der Waals surface area contributed by atoms with Gasteiger partial charge < -0.3 is 29.8 Å². The Balaban J connectivity index is 0.000000173. The fourth-order valence-corrected chi connectivity index (χ4v) is 11.3. The molecule has 364 valence electrons. The van der Waals surface area contributed by atoms with E-state index < -0.39 is 0 Å². The van der Waals surface area contributed by atoms with Gasteiger partial charge in [-0.05, 0) is 130 Å². The third kappa shape index (κ3) is 9.29. The normalized spacial score (nSPS) is 13.4. The first-order chi connectivity index (χ1) is 34.0. The molecule has 0 atom stereocenters. The Morgan fingerprint density at radius 2 is 0.611 bits per heavy atom. The van der Waals surface area contributed by atoms with Crippen molar-refractivity contribution in [2.24, 2.45) is 0 Å². The van der Waals surface area contributed by atoms with Gasteiger partial charge in [0, 0.05) is 60.1 Å². The van der Waals surface area contributed by atoms with Crippen molar-refractivity contribution in [2.45, 2.75) is 41.5 Å². The van der Waals surface area contributed by atoms with Gasteiger partial charge in [0.1, 0.15) is 0 Å². The van der Waals surface area contributed by atoms with Crippen molar-refractivity contribution in [3.8, 4) is 33.8 Å². The molecule has 0 unspecified atom stereocenters. The molecular weight excluding hydrogens is 1070 g/mol. The van der Waals surface area contributed by atoms with Crippen molar-refractivity contribution >= 4 is 65.8 Å². The van der Waals surface area contributed by atoms with Crippen molar-refractivity contribution < 1.29 is 55.0 Å². The minimum Gasteiger partial charge on any atom is -0.872 e. The molecule has 10 aromatic carbocycles.